The molecule has 0 radical (unpaired) electrons. The Morgan fingerprint density at radius 1 is 1.35 bits per heavy atom. The van der Waals surface area contributed by atoms with E-state index in [0.29, 0.717) is 22.2 Å². The molecule has 1 saturated heterocycles. The van der Waals surface area contributed by atoms with Crippen LogP contribution in [0.1, 0.15) is 6.42 Å². The van der Waals surface area contributed by atoms with Gasteiger partial charge in [0.1, 0.15) is 16.7 Å². The number of methoxy groups -OCH3 is 1. The zero-order chi connectivity index (χ0) is 18.1. The van der Waals surface area contributed by atoms with E-state index in [9.17, 15) is 5.11 Å². The Labute approximate surface area is 155 Å². The van der Waals surface area contributed by atoms with Crippen molar-refractivity contribution < 1.29 is 9.84 Å². The molecule has 0 aliphatic carbocycles. The number of halogens is 1. The molecule has 1 atom stereocenters. The summed E-state index contributed by atoms with van der Waals surface area (Å²) >= 11 is 6.03. The monoisotopic (exact) mass is 371 g/mol. The van der Waals surface area contributed by atoms with Gasteiger partial charge in [-0.05, 0) is 18.6 Å². The summed E-state index contributed by atoms with van der Waals surface area (Å²) in [6.45, 7) is 1.73. The van der Waals surface area contributed by atoms with E-state index >= 15 is 0 Å². The van der Waals surface area contributed by atoms with Gasteiger partial charge < -0.3 is 14.7 Å². The highest BCUT2D eigenvalue weighted by Crippen LogP contribution is 2.35. The molecular formula is C18H18ClN5O2. The van der Waals surface area contributed by atoms with Gasteiger partial charge in [-0.25, -0.2) is 15.0 Å². The van der Waals surface area contributed by atoms with Gasteiger partial charge in [0.25, 0.3) is 0 Å². The van der Waals surface area contributed by atoms with Crippen molar-refractivity contribution in [3.63, 3.8) is 0 Å². The summed E-state index contributed by atoms with van der Waals surface area (Å²) < 4.78 is 5.50. The summed E-state index contributed by atoms with van der Waals surface area (Å²) in [4.78, 5) is 19.9. The third-order valence-corrected chi connectivity index (χ3v) is 4.81. The van der Waals surface area contributed by atoms with E-state index in [4.69, 9.17) is 21.3 Å². The summed E-state index contributed by atoms with van der Waals surface area (Å²) in [5, 5.41) is 10.7. The molecule has 0 aromatic carbocycles. The lowest BCUT2D eigenvalue weighted by Gasteiger charge is -2.21. The number of anilines is 1. The first-order valence-corrected chi connectivity index (χ1v) is 8.75. The van der Waals surface area contributed by atoms with Crippen molar-refractivity contribution in [1.82, 2.24) is 19.9 Å². The molecule has 0 saturated carbocycles. The average molecular weight is 372 g/mol. The van der Waals surface area contributed by atoms with Crippen LogP contribution in [0.2, 0.25) is 5.15 Å². The SMILES string of the molecule is COc1cncc2nc(-c3ccnc(Cl)c3)nc(N3CCC(CO)C3)c12. The van der Waals surface area contributed by atoms with Crippen molar-refractivity contribution in [2.24, 2.45) is 5.92 Å². The number of fused-ring (bicyclic) bond motifs is 1. The molecule has 1 aliphatic heterocycles. The van der Waals surface area contributed by atoms with Crippen LogP contribution in [-0.4, -0.2) is 51.8 Å². The first kappa shape index (κ1) is 16.9. The van der Waals surface area contributed by atoms with Crippen molar-refractivity contribution in [2.45, 2.75) is 6.42 Å². The van der Waals surface area contributed by atoms with Crippen LogP contribution in [0.15, 0.2) is 30.7 Å². The number of aromatic nitrogens is 4. The van der Waals surface area contributed by atoms with Gasteiger partial charge in [0, 0.05) is 37.4 Å². The topological polar surface area (TPSA) is 84.3 Å². The Kier molecular flexibility index (Phi) is 4.57. The highest BCUT2D eigenvalue weighted by molar-refractivity contribution is 6.29. The molecule has 1 fully saturated rings. The highest BCUT2D eigenvalue weighted by Gasteiger charge is 2.26. The predicted octanol–water partition coefficient (Wildman–Crippen LogP) is 2.57. The number of ether oxygens (including phenoxy) is 1. The lowest BCUT2D eigenvalue weighted by molar-refractivity contribution is 0.238. The van der Waals surface area contributed by atoms with Crippen LogP contribution < -0.4 is 9.64 Å². The maximum atomic E-state index is 9.49. The second kappa shape index (κ2) is 7.01. The molecule has 0 amide bonds. The number of nitrogens with zero attached hydrogens (tertiary/aromatic N) is 5. The number of rotatable bonds is 4. The van der Waals surface area contributed by atoms with Crippen LogP contribution in [0.3, 0.4) is 0 Å². The lowest BCUT2D eigenvalue weighted by atomic mass is 10.1. The first-order chi connectivity index (χ1) is 12.7. The average Bonchev–Trinajstić information content (AvgIpc) is 3.15. The van der Waals surface area contributed by atoms with Gasteiger partial charge in [-0.1, -0.05) is 11.6 Å². The van der Waals surface area contributed by atoms with Gasteiger partial charge >= 0.3 is 0 Å². The van der Waals surface area contributed by atoms with Crippen molar-refractivity contribution in [3.8, 4) is 17.1 Å². The molecule has 7 nitrogen and oxygen atoms in total. The van der Waals surface area contributed by atoms with E-state index in [0.717, 1.165) is 36.3 Å². The molecular weight excluding hydrogens is 354 g/mol. The summed E-state index contributed by atoms with van der Waals surface area (Å²) in [6.07, 6.45) is 5.92. The normalized spacial score (nSPS) is 17.0. The summed E-state index contributed by atoms with van der Waals surface area (Å²) in [5.74, 6) is 2.21. The van der Waals surface area contributed by atoms with E-state index in [1.807, 2.05) is 6.07 Å². The minimum atomic E-state index is 0.172. The largest absolute Gasteiger partial charge is 0.494 e. The Morgan fingerprint density at radius 3 is 2.96 bits per heavy atom. The van der Waals surface area contributed by atoms with Crippen molar-refractivity contribution >= 4 is 28.3 Å². The molecule has 8 heteroatoms. The highest BCUT2D eigenvalue weighted by atomic mass is 35.5. The standard InChI is InChI=1S/C18H18ClN5O2/c1-26-14-8-20-7-13-16(14)18(24-5-3-11(9-24)10-25)23-17(22-13)12-2-4-21-15(19)6-12/h2,4,6-8,11,25H,3,5,9-10H2,1H3. The number of aliphatic hydroxyl groups excluding tert-OH is 1. The van der Waals surface area contributed by atoms with Gasteiger partial charge in [-0.3, -0.25) is 4.98 Å². The summed E-state index contributed by atoms with van der Waals surface area (Å²) in [6, 6.07) is 3.56. The first-order valence-electron chi connectivity index (χ1n) is 8.37. The van der Waals surface area contributed by atoms with E-state index in [1.165, 1.54) is 0 Å². The Balaban J connectivity index is 1.91. The molecule has 3 aromatic rings. The van der Waals surface area contributed by atoms with Crippen molar-refractivity contribution in [1.29, 1.82) is 0 Å². The van der Waals surface area contributed by atoms with Crippen LogP contribution in [0.5, 0.6) is 5.75 Å². The van der Waals surface area contributed by atoms with Gasteiger partial charge in [0.15, 0.2) is 5.82 Å². The molecule has 3 aromatic heterocycles. The van der Waals surface area contributed by atoms with Crippen LogP contribution in [0.4, 0.5) is 5.82 Å². The van der Waals surface area contributed by atoms with Crippen LogP contribution >= 0.6 is 11.6 Å². The minimum absolute atomic E-state index is 0.172. The van der Waals surface area contributed by atoms with Crippen LogP contribution in [-0.2, 0) is 0 Å². The zero-order valence-corrected chi connectivity index (χ0v) is 15.0. The molecule has 0 spiro atoms. The smallest absolute Gasteiger partial charge is 0.162 e. The van der Waals surface area contributed by atoms with E-state index in [-0.39, 0.29) is 12.5 Å². The van der Waals surface area contributed by atoms with E-state index in [1.54, 1.807) is 31.8 Å². The van der Waals surface area contributed by atoms with Crippen molar-refractivity contribution in [2.75, 3.05) is 31.7 Å². The van der Waals surface area contributed by atoms with Gasteiger partial charge in [0.2, 0.25) is 0 Å². The molecule has 1 unspecified atom stereocenters. The van der Waals surface area contributed by atoms with Crippen LogP contribution in [0, 0.1) is 5.92 Å². The molecule has 1 N–H and O–H groups in total. The lowest BCUT2D eigenvalue weighted by Crippen LogP contribution is -2.22. The fourth-order valence-electron chi connectivity index (χ4n) is 3.26. The minimum Gasteiger partial charge on any atom is -0.494 e. The Bertz CT molecular complexity index is 952. The fourth-order valence-corrected chi connectivity index (χ4v) is 3.44. The molecule has 4 rings (SSSR count). The maximum absolute atomic E-state index is 9.49. The zero-order valence-electron chi connectivity index (χ0n) is 14.3. The molecule has 134 valence electrons. The number of hydrogen-bond donors (Lipinski definition) is 1. The number of aliphatic hydroxyl groups is 1. The van der Waals surface area contributed by atoms with E-state index in [2.05, 4.69) is 19.9 Å². The summed E-state index contributed by atoms with van der Waals surface area (Å²) in [7, 11) is 1.61. The number of pyridine rings is 2. The quantitative estimate of drug-likeness (QED) is 0.705. The molecule has 1 aliphatic rings. The second-order valence-electron chi connectivity index (χ2n) is 6.26. The van der Waals surface area contributed by atoms with E-state index < -0.39 is 0 Å². The molecule has 4 heterocycles. The second-order valence-corrected chi connectivity index (χ2v) is 6.64. The van der Waals surface area contributed by atoms with Crippen LogP contribution in [0.25, 0.3) is 22.3 Å². The third kappa shape index (κ3) is 3.04. The predicted molar refractivity (Wildman–Crippen MR) is 99.5 cm³/mol. The Hall–Kier alpha value is -2.51. The maximum Gasteiger partial charge on any atom is 0.162 e. The molecule has 26 heavy (non-hydrogen) atoms. The number of hydrogen-bond acceptors (Lipinski definition) is 7. The van der Waals surface area contributed by atoms with Gasteiger partial charge in [0.05, 0.1) is 30.4 Å². The van der Waals surface area contributed by atoms with Gasteiger partial charge in [-0.2, -0.15) is 0 Å². The fraction of sp³-hybridized carbons (Fsp3) is 0.333. The third-order valence-electron chi connectivity index (χ3n) is 4.60. The summed E-state index contributed by atoms with van der Waals surface area (Å²) in [5.41, 5.74) is 1.48. The van der Waals surface area contributed by atoms with Crippen molar-refractivity contribution in [3.05, 3.63) is 35.9 Å². The molecule has 0 bridgehead atoms. The Morgan fingerprint density at radius 2 is 2.23 bits per heavy atom. The van der Waals surface area contributed by atoms with Gasteiger partial charge in [-0.15, -0.1) is 0 Å².